The van der Waals surface area contributed by atoms with Crippen molar-refractivity contribution in [3.8, 4) is 0 Å². The molecule has 1 aromatic rings. The summed E-state index contributed by atoms with van der Waals surface area (Å²) in [5.74, 6) is -0.689. The van der Waals surface area contributed by atoms with Gasteiger partial charge in [0.15, 0.2) is 6.29 Å². The van der Waals surface area contributed by atoms with Crippen molar-refractivity contribution in [1.29, 1.82) is 0 Å². The summed E-state index contributed by atoms with van der Waals surface area (Å²) in [5.41, 5.74) is 2.24. The molecule has 8 nitrogen and oxygen atoms in total. The van der Waals surface area contributed by atoms with Crippen LogP contribution in [0.15, 0.2) is 29.2 Å². The van der Waals surface area contributed by atoms with Crippen LogP contribution in [-0.4, -0.2) is 63.5 Å². The van der Waals surface area contributed by atoms with Crippen molar-refractivity contribution >= 4 is 15.9 Å². The number of piperidine rings is 1. The molecule has 12 heteroatoms. The molecule has 0 aliphatic carbocycles. The topological polar surface area (TPSA) is 94.2 Å². The molecule has 1 amide bonds. The van der Waals surface area contributed by atoms with Crippen LogP contribution in [0.4, 0.5) is 13.2 Å². The van der Waals surface area contributed by atoms with E-state index in [1.54, 1.807) is 6.07 Å². The van der Waals surface area contributed by atoms with Crippen molar-refractivity contribution in [3.05, 3.63) is 29.8 Å². The van der Waals surface area contributed by atoms with Crippen LogP contribution < -0.4 is 5.48 Å². The number of nitrogens with zero attached hydrogens (tertiary/aromatic N) is 1. The average Bonchev–Trinajstić information content (AvgIpc) is 2.80. The summed E-state index contributed by atoms with van der Waals surface area (Å²) in [6.45, 7) is 0.807. The smallest absolute Gasteiger partial charge is 0.378 e. The molecule has 33 heavy (non-hydrogen) atoms. The maximum atomic E-state index is 13.2. The van der Waals surface area contributed by atoms with E-state index >= 15 is 0 Å². The van der Waals surface area contributed by atoms with Gasteiger partial charge in [-0.1, -0.05) is 12.1 Å². The number of ether oxygens (including phenoxy) is 2. The number of sulfonamides is 1. The van der Waals surface area contributed by atoms with Crippen LogP contribution in [0.5, 0.6) is 0 Å². The molecule has 0 spiro atoms. The Labute approximate surface area is 191 Å². The first-order chi connectivity index (χ1) is 15.7. The number of alkyl halides is 3. The summed E-state index contributed by atoms with van der Waals surface area (Å²) < 4.78 is 75.2. The summed E-state index contributed by atoms with van der Waals surface area (Å²) in [6.07, 6.45) is -2.92. The Kier molecular flexibility index (Phi) is 9.10. The summed E-state index contributed by atoms with van der Waals surface area (Å²) >= 11 is 0. The van der Waals surface area contributed by atoms with E-state index in [-0.39, 0.29) is 42.7 Å². The Balaban J connectivity index is 1.55. The molecule has 1 atom stereocenters. The van der Waals surface area contributed by atoms with Crippen LogP contribution in [0.2, 0.25) is 0 Å². The van der Waals surface area contributed by atoms with Crippen molar-refractivity contribution in [1.82, 2.24) is 9.79 Å². The van der Waals surface area contributed by atoms with E-state index in [1.165, 1.54) is 22.5 Å². The number of carbonyl (C=O) groups excluding carboxylic acids is 1. The second kappa shape index (κ2) is 11.6. The molecular weight excluding hydrogens is 465 g/mol. The number of hydroxylamine groups is 1. The minimum Gasteiger partial charge on any atom is -0.378 e. The highest BCUT2D eigenvalue weighted by molar-refractivity contribution is 7.89. The number of hydrogen-bond donors (Lipinski definition) is 1. The molecular formula is C21H29F3N2O6S. The van der Waals surface area contributed by atoms with Gasteiger partial charge in [-0.2, -0.15) is 17.5 Å². The second-order valence-electron chi connectivity index (χ2n) is 8.03. The van der Waals surface area contributed by atoms with Gasteiger partial charge < -0.3 is 9.47 Å². The molecule has 1 unspecified atom stereocenters. The zero-order valence-corrected chi connectivity index (χ0v) is 19.0. The lowest BCUT2D eigenvalue weighted by Gasteiger charge is -2.31. The zero-order valence-electron chi connectivity index (χ0n) is 18.2. The van der Waals surface area contributed by atoms with Gasteiger partial charge in [0.05, 0.1) is 16.6 Å². The number of rotatable bonds is 9. The maximum absolute atomic E-state index is 13.2. The lowest BCUT2D eigenvalue weighted by molar-refractivity contribution is -0.186. The highest BCUT2D eigenvalue weighted by Gasteiger charge is 2.33. The molecule has 2 aliphatic heterocycles. The van der Waals surface area contributed by atoms with E-state index in [2.05, 4.69) is 5.48 Å². The molecule has 0 radical (unpaired) electrons. The van der Waals surface area contributed by atoms with E-state index in [1.807, 2.05) is 0 Å². The van der Waals surface area contributed by atoms with Gasteiger partial charge in [-0.3, -0.25) is 4.79 Å². The molecule has 0 bridgehead atoms. The monoisotopic (exact) mass is 494 g/mol. The SMILES string of the molecule is O=C(NOC1CCCCO1)c1ccccc1S(=O)(=O)N1CCC(OCCCC(F)(F)F)CC1. The van der Waals surface area contributed by atoms with Crippen LogP contribution >= 0.6 is 0 Å². The minimum atomic E-state index is -4.21. The molecule has 1 aromatic carbocycles. The van der Waals surface area contributed by atoms with Crippen molar-refractivity contribution in [2.24, 2.45) is 0 Å². The first kappa shape index (κ1) is 25.9. The van der Waals surface area contributed by atoms with Gasteiger partial charge in [-0.15, -0.1) is 0 Å². The van der Waals surface area contributed by atoms with Crippen molar-refractivity contribution in [2.75, 3.05) is 26.3 Å². The van der Waals surface area contributed by atoms with Crippen LogP contribution in [0.3, 0.4) is 0 Å². The third-order valence-electron chi connectivity index (χ3n) is 5.53. The van der Waals surface area contributed by atoms with Crippen LogP contribution in [0.1, 0.15) is 55.3 Å². The lowest BCUT2D eigenvalue weighted by Crippen LogP contribution is -2.41. The molecule has 1 N–H and O–H groups in total. The Morgan fingerprint density at radius 2 is 1.88 bits per heavy atom. The molecule has 2 heterocycles. The number of benzene rings is 1. The molecule has 2 aliphatic rings. The minimum absolute atomic E-state index is 0.0232. The Morgan fingerprint density at radius 1 is 1.15 bits per heavy atom. The first-order valence-corrected chi connectivity index (χ1v) is 12.5. The van der Waals surface area contributed by atoms with Crippen molar-refractivity contribution in [2.45, 2.75) is 68.4 Å². The standard InChI is InChI=1S/C21H29F3N2O6S/c22-21(23,24)11-5-15-30-16-9-12-26(13-10-16)33(28,29)18-7-2-1-6-17(18)20(27)25-32-19-8-3-4-14-31-19/h1-2,6-7,16,19H,3-5,8-15H2,(H,25,27). The Hall–Kier alpha value is -1.73. The molecule has 2 saturated heterocycles. The van der Waals surface area contributed by atoms with Crippen molar-refractivity contribution in [3.63, 3.8) is 0 Å². The predicted molar refractivity (Wildman–Crippen MR) is 112 cm³/mol. The van der Waals surface area contributed by atoms with E-state index < -0.39 is 34.8 Å². The zero-order chi connectivity index (χ0) is 23.9. The van der Waals surface area contributed by atoms with Gasteiger partial charge in [-0.25, -0.2) is 18.7 Å². The molecule has 0 saturated carbocycles. The molecule has 186 valence electrons. The molecule has 3 rings (SSSR count). The van der Waals surface area contributed by atoms with E-state index in [9.17, 15) is 26.4 Å². The number of nitrogens with one attached hydrogen (secondary N) is 1. The quantitative estimate of drug-likeness (QED) is 0.418. The van der Waals surface area contributed by atoms with E-state index in [4.69, 9.17) is 14.3 Å². The van der Waals surface area contributed by atoms with Crippen LogP contribution in [0.25, 0.3) is 0 Å². The fourth-order valence-corrected chi connectivity index (χ4v) is 5.42. The normalized spacial score (nSPS) is 21.1. The number of hydrogen-bond acceptors (Lipinski definition) is 6. The Bertz CT molecular complexity index is 882. The fraction of sp³-hybridized carbons (Fsp3) is 0.667. The van der Waals surface area contributed by atoms with Crippen molar-refractivity contribution < 1.29 is 40.7 Å². The van der Waals surface area contributed by atoms with Gasteiger partial charge in [0, 0.05) is 39.1 Å². The van der Waals surface area contributed by atoms with E-state index in [0.29, 0.717) is 25.9 Å². The summed E-state index contributed by atoms with van der Waals surface area (Å²) in [4.78, 5) is 17.8. The average molecular weight is 495 g/mol. The lowest BCUT2D eigenvalue weighted by atomic mass is 10.1. The van der Waals surface area contributed by atoms with Gasteiger partial charge >= 0.3 is 6.18 Å². The van der Waals surface area contributed by atoms with Gasteiger partial charge in [-0.05, 0) is 44.2 Å². The van der Waals surface area contributed by atoms with Crippen LogP contribution in [-0.2, 0) is 24.3 Å². The predicted octanol–water partition coefficient (Wildman–Crippen LogP) is 3.39. The number of carbonyl (C=O) groups is 1. The first-order valence-electron chi connectivity index (χ1n) is 11.0. The highest BCUT2D eigenvalue weighted by atomic mass is 32.2. The molecule has 0 aromatic heterocycles. The summed E-state index contributed by atoms with van der Waals surface area (Å²) in [7, 11) is -3.97. The molecule has 2 fully saturated rings. The van der Waals surface area contributed by atoms with Gasteiger partial charge in [0.2, 0.25) is 10.0 Å². The Morgan fingerprint density at radius 3 is 2.55 bits per heavy atom. The van der Waals surface area contributed by atoms with Crippen LogP contribution in [0, 0.1) is 0 Å². The summed E-state index contributed by atoms with van der Waals surface area (Å²) in [5, 5.41) is 0. The number of halogens is 3. The highest BCUT2D eigenvalue weighted by Crippen LogP contribution is 2.26. The van der Waals surface area contributed by atoms with Gasteiger partial charge in [0.1, 0.15) is 0 Å². The largest absolute Gasteiger partial charge is 0.389 e. The van der Waals surface area contributed by atoms with E-state index in [0.717, 1.165) is 12.8 Å². The second-order valence-corrected chi connectivity index (χ2v) is 9.94. The summed E-state index contributed by atoms with van der Waals surface area (Å²) in [6, 6.07) is 5.86. The third kappa shape index (κ3) is 7.64. The number of amides is 1. The maximum Gasteiger partial charge on any atom is 0.389 e. The third-order valence-corrected chi connectivity index (χ3v) is 7.49. The van der Waals surface area contributed by atoms with Gasteiger partial charge in [0.25, 0.3) is 5.91 Å². The fourth-order valence-electron chi connectivity index (χ4n) is 3.76.